The molecule has 1 aliphatic rings. The molecule has 1 aliphatic heterocycles. The molecule has 8 nitrogen and oxygen atoms in total. The topological polar surface area (TPSA) is 94.9 Å². The zero-order chi connectivity index (χ0) is 22.1. The molecule has 32 heavy (non-hydrogen) atoms. The lowest BCUT2D eigenvalue weighted by Crippen LogP contribution is -2.44. The molecule has 1 atom stereocenters. The van der Waals surface area contributed by atoms with Crippen LogP contribution in [0.5, 0.6) is 0 Å². The Balaban J connectivity index is 1.61. The number of pyridine rings is 1. The van der Waals surface area contributed by atoms with Crippen molar-refractivity contribution in [2.45, 2.75) is 38.9 Å². The van der Waals surface area contributed by atoms with Crippen LogP contribution < -0.4 is 16.2 Å². The fourth-order valence-electron chi connectivity index (χ4n) is 4.45. The Labute approximate surface area is 186 Å². The summed E-state index contributed by atoms with van der Waals surface area (Å²) < 4.78 is 3.47. The zero-order valence-corrected chi connectivity index (χ0v) is 18.2. The number of imidazole rings is 1. The molecule has 0 radical (unpaired) electrons. The first kappa shape index (κ1) is 20.4. The minimum atomic E-state index is -0.165. The largest absolute Gasteiger partial charge is 0.341 e. The zero-order valence-electron chi connectivity index (χ0n) is 18.2. The maximum absolute atomic E-state index is 13.6. The van der Waals surface area contributed by atoms with Gasteiger partial charge in [-0.3, -0.25) is 9.78 Å². The Kier molecular flexibility index (Phi) is 5.45. The van der Waals surface area contributed by atoms with Gasteiger partial charge in [0, 0.05) is 37.3 Å². The Morgan fingerprint density at radius 1 is 1.25 bits per heavy atom. The highest BCUT2D eigenvalue weighted by molar-refractivity contribution is 5.84. The average Bonchev–Trinajstić information content (AvgIpc) is 3.19. The van der Waals surface area contributed by atoms with Crippen LogP contribution in [-0.4, -0.2) is 43.4 Å². The Bertz CT molecular complexity index is 1350. The smallest absolute Gasteiger partial charge is 0.293 e. The molecule has 0 amide bonds. The maximum atomic E-state index is 13.6. The highest BCUT2D eigenvalue weighted by Crippen LogP contribution is 2.23. The summed E-state index contributed by atoms with van der Waals surface area (Å²) in [6, 6.07) is 10.1. The quantitative estimate of drug-likeness (QED) is 0.490. The number of nitrogens with zero attached hydrogens (tertiary/aromatic N) is 6. The summed E-state index contributed by atoms with van der Waals surface area (Å²) in [7, 11) is 0. The molecule has 0 spiro atoms. The van der Waals surface area contributed by atoms with Crippen LogP contribution in [0.2, 0.25) is 0 Å². The Hall–Kier alpha value is -3.52. The van der Waals surface area contributed by atoms with Gasteiger partial charge >= 0.3 is 0 Å². The number of piperidine rings is 1. The van der Waals surface area contributed by atoms with Crippen LogP contribution in [0, 0.1) is 0 Å². The van der Waals surface area contributed by atoms with Gasteiger partial charge in [-0.15, -0.1) is 0 Å². The van der Waals surface area contributed by atoms with Gasteiger partial charge in [0.25, 0.3) is 5.56 Å². The number of hydrogen-bond acceptors (Lipinski definition) is 6. The van der Waals surface area contributed by atoms with E-state index in [4.69, 9.17) is 10.7 Å². The van der Waals surface area contributed by atoms with Gasteiger partial charge in [0.05, 0.1) is 18.4 Å². The first-order valence-electron chi connectivity index (χ1n) is 11.1. The fraction of sp³-hybridized carbons (Fsp3) is 0.333. The highest BCUT2D eigenvalue weighted by Gasteiger charge is 2.24. The summed E-state index contributed by atoms with van der Waals surface area (Å²) in [5, 5.41) is 6.54. The molecule has 5 rings (SSSR count). The molecular formula is C24H27N7O. The monoisotopic (exact) mass is 429 g/mol. The molecule has 0 saturated carbocycles. The summed E-state index contributed by atoms with van der Waals surface area (Å²) in [6.45, 7) is 4.46. The third-order valence-corrected chi connectivity index (χ3v) is 6.05. The van der Waals surface area contributed by atoms with Gasteiger partial charge in [-0.05, 0) is 31.2 Å². The molecule has 4 aromatic rings. The summed E-state index contributed by atoms with van der Waals surface area (Å²) in [6.07, 6.45) is 9.50. The number of fused-ring (bicyclic) bond motifs is 2. The Morgan fingerprint density at radius 2 is 2.12 bits per heavy atom. The van der Waals surface area contributed by atoms with Crippen molar-refractivity contribution in [1.82, 2.24) is 24.3 Å². The molecule has 0 bridgehead atoms. The van der Waals surface area contributed by atoms with Crippen LogP contribution in [0.15, 0.2) is 59.7 Å². The third kappa shape index (κ3) is 3.67. The van der Waals surface area contributed by atoms with E-state index in [-0.39, 0.29) is 11.6 Å². The maximum Gasteiger partial charge on any atom is 0.293 e. The molecule has 1 aromatic carbocycles. The van der Waals surface area contributed by atoms with Crippen molar-refractivity contribution in [3.63, 3.8) is 0 Å². The van der Waals surface area contributed by atoms with Gasteiger partial charge in [0.1, 0.15) is 11.0 Å². The summed E-state index contributed by atoms with van der Waals surface area (Å²) in [5.41, 5.74) is 8.04. The summed E-state index contributed by atoms with van der Waals surface area (Å²) in [4.78, 5) is 25.1. The number of aromatic nitrogens is 5. The van der Waals surface area contributed by atoms with Crippen LogP contribution in [0.1, 0.15) is 25.5 Å². The van der Waals surface area contributed by atoms with Crippen LogP contribution in [0.3, 0.4) is 0 Å². The first-order valence-corrected chi connectivity index (χ1v) is 11.1. The standard InChI is InChI=1S/C24H27N7O/c1-2-3-13-30-22-20(28-24(30)29-12-6-8-18(25)15-29)14-27-31(23(22)32)16-21-19-9-5-4-7-17(19)10-11-26-21/h2-5,7,9-11,14,18H,6,8,12-13,15-16,25H2,1H3/b3-2+. The molecular weight excluding hydrogens is 402 g/mol. The van der Waals surface area contributed by atoms with Crippen molar-refractivity contribution in [1.29, 1.82) is 0 Å². The first-order chi connectivity index (χ1) is 15.7. The molecule has 1 saturated heterocycles. The van der Waals surface area contributed by atoms with Gasteiger partial charge in [0.15, 0.2) is 0 Å². The van der Waals surface area contributed by atoms with E-state index < -0.39 is 0 Å². The van der Waals surface area contributed by atoms with E-state index >= 15 is 0 Å². The van der Waals surface area contributed by atoms with Crippen molar-refractivity contribution < 1.29 is 0 Å². The highest BCUT2D eigenvalue weighted by atomic mass is 16.1. The second kappa shape index (κ2) is 8.55. The molecule has 8 heteroatoms. The molecule has 1 fully saturated rings. The van der Waals surface area contributed by atoms with Gasteiger partial charge < -0.3 is 15.2 Å². The Morgan fingerprint density at radius 3 is 2.97 bits per heavy atom. The number of rotatable bonds is 5. The van der Waals surface area contributed by atoms with Crippen LogP contribution in [0.4, 0.5) is 5.95 Å². The SMILES string of the molecule is C/C=C/Cn1c(N2CCCC(N)C2)nc2cnn(Cc3nccc4ccccc34)c(=O)c21. The number of nitrogens with two attached hydrogens (primary N) is 1. The van der Waals surface area contributed by atoms with E-state index in [9.17, 15) is 4.79 Å². The normalized spacial score (nSPS) is 17.1. The third-order valence-electron chi connectivity index (χ3n) is 6.05. The average molecular weight is 430 g/mol. The number of allylic oxidation sites excluding steroid dienone is 2. The molecule has 2 N–H and O–H groups in total. The van der Waals surface area contributed by atoms with Crippen molar-refractivity contribution >= 4 is 27.8 Å². The van der Waals surface area contributed by atoms with E-state index in [1.807, 2.05) is 54.0 Å². The van der Waals surface area contributed by atoms with E-state index in [2.05, 4.69) is 15.0 Å². The van der Waals surface area contributed by atoms with Crippen LogP contribution in [0.25, 0.3) is 21.8 Å². The lowest BCUT2D eigenvalue weighted by atomic mass is 10.1. The van der Waals surface area contributed by atoms with Gasteiger partial charge in [-0.2, -0.15) is 5.10 Å². The van der Waals surface area contributed by atoms with Gasteiger partial charge in [-0.25, -0.2) is 9.67 Å². The van der Waals surface area contributed by atoms with Crippen molar-refractivity contribution in [2.75, 3.05) is 18.0 Å². The second-order valence-corrected chi connectivity index (χ2v) is 8.26. The molecule has 164 valence electrons. The molecule has 0 aliphatic carbocycles. The van der Waals surface area contributed by atoms with E-state index in [1.54, 1.807) is 12.4 Å². The summed E-state index contributed by atoms with van der Waals surface area (Å²) >= 11 is 0. The lowest BCUT2D eigenvalue weighted by Gasteiger charge is -2.31. The van der Waals surface area contributed by atoms with E-state index in [0.717, 1.165) is 48.3 Å². The van der Waals surface area contributed by atoms with Crippen molar-refractivity contribution in [3.8, 4) is 0 Å². The lowest BCUT2D eigenvalue weighted by molar-refractivity contribution is 0.495. The van der Waals surface area contributed by atoms with Crippen molar-refractivity contribution in [2.24, 2.45) is 5.73 Å². The van der Waals surface area contributed by atoms with E-state index in [1.165, 1.54) is 4.68 Å². The van der Waals surface area contributed by atoms with Crippen molar-refractivity contribution in [3.05, 3.63) is 70.9 Å². The predicted octanol–water partition coefficient (Wildman–Crippen LogP) is 2.69. The van der Waals surface area contributed by atoms with Crippen LogP contribution >= 0.6 is 0 Å². The number of benzene rings is 1. The molecule has 4 heterocycles. The molecule has 1 unspecified atom stereocenters. The van der Waals surface area contributed by atoms with Gasteiger partial charge in [0.2, 0.25) is 5.95 Å². The van der Waals surface area contributed by atoms with Gasteiger partial charge in [-0.1, -0.05) is 36.4 Å². The minimum absolute atomic E-state index is 0.117. The predicted molar refractivity (Wildman–Crippen MR) is 127 cm³/mol. The number of hydrogen-bond donors (Lipinski definition) is 1. The minimum Gasteiger partial charge on any atom is -0.341 e. The summed E-state index contributed by atoms with van der Waals surface area (Å²) in [5.74, 6) is 0.785. The van der Waals surface area contributed by atoms with E-state index in [0.29, 0.717) is 24.1 Å². The molecule has 3 aromatic heterocycles. The van der Waals surface area contributed by atoms with Crippen LogP contribution in [-0.2, 0) is 13.1 Å². The fourth-order valence-corrected chi connectivity index (χ4v) is 4.45. The number of anilines is 1. The second-order valence-electron chi connectivity index (χ2n) is 8.26.